The van der Waals surface area contributed by atoms with Crippen molar-refractivity contribution >= 4 is 22.4 Å². The Morgan fingerprint density at radius 1 is 0.867 bits per heavy atom. The van der Waals surface area contributed by atoms with Gasteiger partial charge in [0.25, 0.3) is 0 Å². The molecular weight excluding hydrogens is 220 g/mol. The van der Waals surface area contributed by atoms with E-state index in [0.717, 1.165) is 5.95 Å². The van der Waals surface area contributed by atoms with E-state index >= 15 is 0 Å². The molecule has 0 aliphatic rings. The number of aromatic nitrogens is 3. The Balaban J connectivity index is 3.15. The SMILES string of the molecule is C[Si](C)(C)N(c1ncncn1)[Si](C)(C)C. The van der Waals surface area contributed by atoms with Crippen molar-refractivity contribution in [1.29, 1.82) is 0 Å². The Morgan fingerprint density at radius 2 is 1.27 bits per heavy atom. The first-order chi connectivity index (χ1) is 6.73. The van der Waals surface area contributed by atoms with Gasteiger partial charge >= 0.3 is 0 Å². The lowest BCUT2D eigenvalue weighted by molar-refractivity contribution is 1.02. The molecule has 0 N–H and O–H groups in total. The zero-order valence-electron chi connectivity index (χ0n) is 10.4. The molecule has 0 unspecified atom stereocenters. The molecule has 0 amide bonds. The maximum absolute atomic E-state index is 4.29. The predicted octanol–water partition coefficient (Wildman–Crippen LogP) is 2.35. The summed E-state index contributed by atoms with van der Waals surface area (Å²) in [6.45, 7) is 14.0. The molecule has 0 saturated carbocycles. The third-order valence-electron chi connectivity index (χ3n) is 2.02. The van der Waals surface area contributed by atoms with Gasteiger partial charge in [-0.05, 0) is 0 Å². The van der Waals surface area contributed by atoms with Gasteiger partial charge in [0, 0.05) is 0 Å². The number of rotatable bonds is 3. The molecule has 4 nitrogen and oxygen atoms in total. The molecular formula is C9H20N4Si2. The highest BCUT2D eigenvalue weighted by atomic mass is 28.4. The van der Waals surface area contributed by atoms with Gasteiger partial charge in [-0.15, -0.1) is 0 Å². The van der Waals surface area contributed by atoms with Crippen molar-refractivity contribution in [2.75, 3.05) is 4.23 Å². The first-order valence-electron chi connectivity index (χ1n) is 5.15. The van der Waals surface area contributed by atoms with Crippen LogP contribution in [0.5, 0.6) is 0 Å². The molecule has 0 fully saturated rings. The lowest BCUT2D eigenvalue weighted by Gasteiger charge is -2.43. The average molecular weight is 240 g/mol. The van der Waals surface area contributed by atoms with E-state index in [0.29, 0.717) is 0 Å². The van der Waals surface area contributed by atoms with Crippen molar-refractivity contribution in [1.82, 2.24) is 15.0 Å². The van der Waals surface area contributed by atoms with E-state index in [2.05, 4.69) is 58.5 Å². The van der Waals surface area contributed by atoms with Crippen molar-refractivity contribution in [3.63, 3.8) is 0 Å². The highest BCUT2D eigenvalue weighted by Gasteiger charge is 2.36. The summed E-state index contributed by atoms with van der Waals surface area (Å²) < 4.78 is 2.47. The third-order valence-corrected chi connectivity index (χ3v) is 9.13. The second-order valence-electron chi connectivity index (χ2n) is 5.62. The Bertz CT molecular complexity index is 301. The molecule has 0 spiro atoms. The maximum atomic E-state index is 4.29. The van der Waals surface area contributed by atoms with Crippen molar-refractivity contribution in [2.45, 2.75) is 39.3 Å². The fourth-order valence-corrected chi connectivity index (χ4v) is 11.4. The second kappa shape index (κ2) is 4.01. The van der Waals surface area contributed by atoms with Crippen LogP contribution in [0.3, 0.4) is 0 Å². The van der Waals surface area contributed by atoms with Crippen molar-refractivity contribution in [3.05, 3.63) is 12.7 Å². The molecule has 0 bridgehead atoms. The average Bonchev–Trinajstić information content (AvgIpc) is 2.00. The predicted molar refractivity (Wildman–Crippen MR) is 69.0 cm³/mol. The summed E-state index contributed by atoms with van der Waals surface area (Å²) in [5.41, 5.74) is 0. The molecule has 1 rings (SSSR count). The summed E-state index contributed by atoms with van der Waals surface area (Å²) in [6, 6.07) is 0. The van der Waals surface area contributed by atoms with Gasteiger partial charge < -0.3 is 4.23 Å². The molecule has 0 aliphatic heterocycles. The van der Waals surface area contributed by atoms with E-state index in [9.17, 15) is 0 Å². The van der Waals surface area contributed by atoms with E-state index in [4.69, 9.17) is 0 Å². The smallest absolute Gasteiger partial charge is 0.211 e. The summed E-state index contributed by atoms with van der Waals surface area (Å²) in [5.74, 6) is 0.850. The Kier molecular flexibility index (Phi) is 3.29. The largest absolute Gasteiger partial charge is 0.394 e. The maximum Gasteiger partial charge on any atom is 0.211 e. The van der Waals surface area contributed by atoms with E-state index < -0.39 is 16.5 Å². The zero-order valence-corrected chi connectivity index (χ0v) is 12.4. The minimum absolute atomic E-state index is 0.850. The molecule has 0 saturated heterocycles. The van der Waals surface area contributed by atoms with E-state index in [1.807, 2.05) is 0 Å². The molecule has 6 heteroatoms. The molecule has 0 aliphatic carbocycles. The van der Waals surface area contributed by atoms with Crippen LogP contribution in [0.15, 0.2) is 12.7 Å². The molecule has 0 radical (unpaired) electrons. The normalized spacial score (nSPS) is 12.7. The minimum atomic E-state index is -1.42. The first kappa shape index (κ1) is 12.3. The molecule has 0 atom stereocenters. The third kappa shape index (κ3) is 3.10. The zero-order chi connectivity index (χ0) is 11.7. The standard InChI is InChI=1S/C9H20N4Si2/c1-14(2,3)13(15(4,5)6)9-11-7-10-8-12-9/h7-8H,1-6H3. The van der Waals surface area contributed by atoms with Crippen LogP contribution in [0.25, 0.3) is 0 Å². The molecule has 84 valence electrons. The van der Waals surface area contributed by atoms with E-state index in [1.165, 1.54) is 0 Å². The number of anilines is 1. The van der Waals surface area contributed by atoms with Crippen molar-refractivity contribution in [2.24, 2.45) is 0 Å². The number of hydrogen-bond acceptors (Lipinski definition) is 4. The van der Waals surface area contributed by atoms with Gasteiger partial charge in [-0.3, -0.25) is 0 Å². The Hall–Kier alpha value is -0.756. The van der Waals surface area contributed by atoms with E-state index in [-0.39, 0.29) is 0 Å². The van der Waals surface area contributed by atoms with Crippen LogP contribution < -0.4 is 4.23 Å². The van der Waals surface area contributed by atoms with Crippen LogP contribution in [0.4, 0.5) is 5.95 Å². The van der Waals surface area contributed by atoms with Crippen LogP contribution in [0, 0.1) is 0 Å². The lowest BCUT2D eigenvalue weighted by atomic mass is 11.0. The lowest BCUT2D eigenvalue weighted by Crippen LogP contribution is -2.60. The molecule has 1 aromatic heterocycles. The summed E-state index contributed by atoms with van der Waals surface area (Å²) in [4.78, 5) is 12.4. The number of nitrogens with zero attached hydrogens (tertiary/aromatic N) is 4. The topological polar surface area (TPSA) is 41.9 Å². The fraction of sp³-hybridized carbons (Fsp3) is 0.667. The van der Waals surface area contributed by atoms with Crippen LogP contribution in [0.2, 0.25) is 39.3 Å². The van der Waals surface area contributed by atoms with E-state index in [1.54, 1.807) is 12.7 Å². The number of hydrogen-bond donors (Lipinski definition) is 0. The van der Waals surface area contributed by atoms with Gasteiger partial charge in [0.1, 0.15) is 29.1 Å². The quantitative estimate of drug-likeness (QED) is 0.761. The van der Waals surface area contributed by atoms with Gasteiger partial charge in [-0.25, -0.2) is 15.0 Å². The minimum Gasteiger partial charge on any atom is -0.394 e. The Morgan fingerprint density at radius 3 is 1.60 bits per heavy atom. The fourth-order valence-electron chi connectivity index (χ4n) is 1.95. The van der Waals surface area contributed by atoms with Gasteiger partial charge in [0.05, 0.1) is 0 Å². The van der Waals surface area contributed by atoms with Gasteiger partial charge in [-0.1, -0.05) is 39.3 Å². The summed E-state index contributed by atoms with van der Waals surface area (Å²) in [7, 11) is -2.84. The molecule has 1 aromatic rings. The summed E-state index contributed by atoms with van der Waals surface area (Å²) >= 11 is 0. The van der Waals surface area contributed by atoms with Gasteiger partial charge in [0.2, 0.25) is 5.95 Å². The van der Waals surface area contributed by atoms with Crippen LogP contribution in [0.1, 0.15) is 0 Å². The molecule has 15 heavy (non-hydrogen) atoms. The van der Waals surface area contributed by atoms with Crippen LogP contribution in [-0.2, 0) is 0 Å². The van der Waals surface area contributed by atoms with Crippen LogP contribution in [-0.4, -0.2) is 31.4 Å². The van der Waals surface area contributed by atoms with Crippen molar-refractivity contribution < 1.29 is 0 Å². The van der Waals surface area contributed by atoms with Gasteiger partial charge in [-0.2, -0.15) is 0 Å². The van der Waals surface area contributed by atoms with Crippen LogP contribution >= 0.6 is 0 Å². The molecule has 1 heterocycles. The summed E-state index contributed by atoms with van der Waals surface area (Å²) in [6.07, 6.45) is 3.16. The molecule has 0 aromatic carbocycles. The Labute approximate surface area is 94.0 Å². The second-order valence-corrected chi connectivity index (χ2v) is 15.6. The highest BCUT2D eigenvalue weighted by Crippen LogP contribution is 2.23. The summed E-state index contributed by atoms with van der Waals surface area (Å²) in [5, 5.41) is 0. The monoisotopic (exact) mass is 240 g/mol. The van der Waals surface area contributed by atoms with Gasteiger partial charge in [0.15, 0.2) is 0 Å². The van der Waals surface area contributed by atoms with Crippen molar-refractivity contribution in [3.8, 4) is 0 Å². The highest BCUT2D eigenvalue weighted by molar-refractivity contribution is 6.99. The first-order valence-corrected chi connectivity index (χ1v) is 12.0.